The first-order chi connectivity index (χ1) is 18.6. The maximum Gasteiger partial charge on any atom is 0.271 e. The molecule has 0 spiro atoms. The lowest BCUT2D eigenvalue weighted by atomic mass is 10.2. The summed E-state index contributed by atoms with van der Waals surface area (Å²) in [6, 6.07) is 27.9. The quantitative estimate of drug-likeness (QED) is 0.182. The molecule has 0 bridgehead atoms. The highest BCUT2D eigenvalue weighted by Crippen LogP contribution is 2.36. The summed E-state index contributed by atoms with van der Waals surface area (Å²) < 4.78 is 22.6. The van der Waals surface area contributed by atoms with Crippen LogP contribution in [0.15, 0.2) is 96.1 Å². The molecule has 0 saturated carbocycles. The molecule has 1 amide bonds. The summed E-state index contributed by atoms with van der Waals surface area (Å²) in [6.07, 6.45) is 1.47. The van der Waals surface area contributed by atoms with Crippen LogP contribution in [0.5, 0.6) is 23.0 Å². The topological polar surface area (TPSA) is 78.4 Å². The van der Waals surface area contributed by atoms with Crippen molar-refractivity contribution in [3.05, 3.63) is 118 Å². The van der Waals surface area contributed by atoms with E-state index in [1.54, 1.807) is 30.3 Å². The molecule has 8 heteroatoms. The first kappa shape index (κ1) is 26.6. The Morgan fingerprint density at radius 2 is 1.42 bits per heavy atom. The van der Waals surface area contributed by atoms with Crippen LogP contribution >= 0.6 is 11.6 Å². The van der Waals surface area contributed by atoms with Gasteiger partial charge in [0.1, 0.15) is 13.2 Å². The van der Waals surface area contributed by atoms with Gasteiger partial charge in [0.2, 0.25) is 0 Å². The molecule has 1 N–H and O–H groups in total. The van der Waals surface area contributed by atoms with Crippen LogP contribution < -0.4 is 24.4 Å². The van der Waals surface area contributed by atoms with Crippen LogP contribution in [0.3, 0.4) is 0 Å². The summed E-state index contributed by atoms with van der Waals surface area (Å²) in [5.41, 5.74) is 5.54. The number of ether oxygens (including phenoxy) is 4. The summed E-state index contributed by atoms with van der Waals surface area (Å²) in [5, 5.41) is 4.42. The third kappa shape index (κ3) is 7.05. The van der Waals surface area contributed by atoms with E-state index in [-0.39, 0.29) is 0 Å². The molecule has 0 aliphatic carbocycles. The number of carbonyl (C=O) groups is 1. The zero-order chi connectivity index (χ0) is 26.7. The summed E-state index contributed by atoms with van der Waals surface area (Å²) in [4.78, 5) is 12.7. The van der Waals surface area contributed by atoms with Gasteiger partial charge in [-0.2, -0.15) is 5.10 Å². The number of carbonyl (C=O) groups excluding carboxylic acids is 1. The van der Waals surface area contributed by atoms with Crippen molar-refractivity contribution in [2.24, 2.45) is 5.10 Å². The maximum absolute atomic E-state index is 12.7. The fourth-order valence-electron chi connectivity index (χ4n) is 3.58. The van der Waals surface area contributed by atoms with E-state index in [0.29, 0.717) is 52.4 Å². The molecule has 38 heavy (non-hydrogen) atoms. The van der Waals surface area contributed by atoms with Crippen LogP contribution in [0, 0.1) is 0 Å². The fourth-order valence-corrected chi connectivity index (χ4v) is 3.85. The van der Waals surface area contributed by atoms with Gasteiger partial charge in [0.05, 0.1) is 25.5 Å². The molecule has 4 rings (SSSR count). The van der Waals surface area contributed by atoms with Crippen molar-refractivity contribution in [1.29, 1.82) is 0 Å². The predicted molar refractivity (Wildman–Crippen MR) is 148 cm³/mol. The van der Waals surface area contributed by atoms with Gasteiger partial charge in [0.25, 0.3) is 5.91 Å². The average Bonchev–Trinajstić information content (AvgIpc) is 2.96. The second kappa shape index (κ2) is 13.2. The minimum Gasteiger partial charge on any atom is -0.493 e. The molecule has 7 nitrogen and oxygen atoms in total. The largest absolute Gasteiger partial charge is 0.493 e. The Bertz CT molecular complexity index is 1390. The van der Waals surface area contributed by atoms with E-state index >= 15 is 0 Å². The molecular formula is C30H27ClN2O5. The van der Waals surface area contributed by atoms with E-state index in [0.717, 1.165) is 11.1 Å². The van der Waals surface area contributed by atoms with Crippen molar-refractivity contribution in [2.75, 3.05) is 14.2 Å². The molecule has 0 unspecified atom stereocenters. The van der Waals surface area contributed by atoms with Gasteiger partial charge >= 0.3 is 0 Å². The highest BCUT2D eigenvalue weighted by molar-refractivity contribution is 6.32. The zero-order valence-electron chi connectivity index (χ0n) is 21.0. The van der Waals surface area contributed by atoms with Crippen LogP contribution in [0.1, 0.15) is 27.0 Å². The number of hydrogen-bond acceptors (Lipinski definition) is 6. The zero-order valence-corrected chi connectivity index (χ0v) is 21.8. The Kier molecular flexibility index (Phi) is 9.21. The normalized spacial score (nSPS) is 10.7. The molecule has 194 valence electrons. The standard InChI is InChI=1S/C30H27ClN2O5/c1-35-27-17-24(13-14-26(27)37-19-21-9-5-3-6-10-21)30(34)33-32-18-23-15-25(31)29(28(16-23)36-2)38-20-22-11-7-4-8-12-22/h3-18H,19-20H2,1-2H3,(H,33,34)/b32-18+. The number of benzene rings is 4. The summed E-state index contributed by atoms with van der Waals surface area (Å²) >= 11 is 6.45. The van der Waals surface area contributed by atoms with Gasteiger partial charge in [-0.15, -0.1) is 0 Å². The van der Waals surface area contributed by atoms with Crippen LogP contribution in [-0.2, 0) is 13.2 Å². The highest BCUT2D eigenvalue weighted by atomic mass is 35.5. The smallest absolute Gasteiger partial charge is 0.271 e. The number of methoxy groups -OCH3 is 2. The number of halogens is 1. The van der Waals surface area contributed by atoms with Gasteiger partial charge in [0.15, 0.2) is 23.0 Å². The molecule has 4 aromatic carbocycles. The molecule has 0 saturated heterocycles. The number of hydrogen-bond donors (Lipinski definition) is 1. The van der Waals surface area contributed by atoms with Crippen molar-refractivity contribution in [3.8, 4) is 23.0 Å². The van der Waals surface area contributed by atoms with Gasteiger partial charge in [-0.25, -0.2) is 5.43 Å². The van der Waals surface area contributed by atoms with Crippen LogP contribution in [0.4, 0.5) is 0 Å². The Morgan fingerprint density at radius 1 is 0.789 bits per heavy atom. The highest BCUT2D eigenvalue weighted by Gasteiger charge is 2.13. The summed E-state index contributed by atoms with van der Waals surface area (Å²) in [5.74, 6) is 1.46. The van der Waals surface area contributed by atoms with E-state index in [4.69, 9.17) is 30.5 Å². The van der Waals surface area contributed by atoms with Gasteiger partial charge in [-0.3, -0.25) is 4.79 Å². The van der Waals surface area contributed by atoms with Crippen molar-refractivity contribution < 1.29 is 23.7 Å². The first-order valence-electron chi connectivity index (χ1n) is 11.8. The van der Waals surface area contributed by atoms with Gasteiger partial charge in [-0.05, 0) is 47.0 Å². The molecule has 0 aliphatic heterocycles. The second-order valence-corrected chi connectivity index (χ2v) is 8.55. The summed E-state index contributed by atoms with van der Waals surface area (Å²) in [6.45, 7) is 0.731. The van der Waals surface area contributed by atoms with Crippen molar-refractivity contribution in [2.45, 2.75) is 13.2 Å². The van der Waals surface area contributed by atoms with Crippen LogP contribution in [-0.4, -0.2) is 26.3 Å². The number of rotatable bonds is 11. The maximum atomic E-state index is 12.7. The Labute approximate surface area is 226 Å². The monoisotopic (exact) mass is 530 g/mol. The summed E-state index contributed by atoms with van der Waals surface area (Å²) in [7, 11) is 3.05. The van der Waals surface area contributed by atoms with Crippen molar-refractivity contribution in [3.63, 3.8) is 0 Å². The average molecular weight is 531 g/mol. The van der Waals surface area contributed by atoms with E-state index in [9.17, 15) is 4.79 Å². The molecule has 4 aromatic rings. The minimum absolute atomic E-state index is 0.347. The SMILES string of the molecule is COc1cc(C(=O)N/N=C/c2cc(Cl)c(OCc3ccccc3)c(OC)c2)ccc1OCc1ccccc1. The van der Waals surface area contributed by atoms with Gasteiger partial charge in [-0.1, -0.05) is 72.3 Å². The molecule has 0 heterocycles. The lowest BCUT2D eigenvalue weighted by Gasteiger charge is -2.13. The van der Waals surface area contributed by atoms with Crippen LogP contribution in [0.25, 0.3) is 0 Å². The number of hydrazone groups is 1. The van der Waals surface area contributed by atoms with E-state index in [1.165, 1.54) is 20.4 Å². The Hall–Kier alpha value is -4.49. The van der Waals surface area contributed by atoms with E-state index < -0.39 is 5.91 Å². The molecule has 0 atom stereocenters. The lowest BCUT2D eigenvalue weighted by molar-refractivity contribution is 0.0954. The van der Waals surface area contributed by atoms with Gasteiger partial charge in [0, 0.05) is 5.56 Å². The minimum atomic E-state index is -0.407. The van der Waals surface area contributed by atoms with Gasteiger partial charge < -0.3 is 18.9 Å². The first-order valence-corrected chi connectivity index (χ1v) is 12.2. The Balaban J connectivity index is 1.38. The van der Waals surface area contributed by atoms with E-state index in [1.807, 2.05) is 60.7 Å². The third-order valence-electron chi connectivity index (χ3n) is 5.52. The molecule has 0 aliphatic rings. The van der Waals surface area contributed by atoms with Crippen molar-refractivity contribution in [1.82, 2.24) is 5.43 Å². The molecule has 0 fully saturated rings. The number of nitrogens with one attached hydrogen (secondary N) is 1. The molecule has 0 aromatic heterocycles. The van der Waals surface area contributed by atoms with E-state index in [2.05, 4.69) is 10.5 Å². The number of nitrogens with zero attached hydrogens (tertiary/aromatic N) is 1. The van der Waals surface area contributed by atoms with Crippen LogP contribution in [0.2, 0.25) is 5.02 Å². The van der Waals surface area contributed by atoms with Crippen molar-refractivity contribution >= 4 is 23.7 Å². The fraction of sp³-hybridized carbons (Fsp3) is 0.133. The molecule has 0 radical (unpaired) electrons. The molecular weight excluding hydrogens is 504 g/mol. The number of amides is 1. The lowest BCUT2D eigenvalue weighted by Crippen LogP contribution is -2.17. The second-order valence-electron chi connectivity index (χ2n) is 8.15. The third-order valence-corrected chi connectivity index (χ3v) is 5.80. The Morgan fingerprint density at radius 3 is 2.05 bits per heavy atom. The predicted octanol–water partition coefficient (Wildman–Crippen LogP) is 6.28.